The number of para-hydroxylation sites is 1. The van der Waals surface area contributed by atoms with Crippen LogP contribution in [0, 0.1) is 6.92 Å². The van der Waals surface area contributed by atoms with E-state index in [0.717, 1.165) is 17.7 Å². The second kappa shape index (κ2) is 7.84. The normalized spacial score (nSPS) is 12.2. The zero-order chi connectivity index (χ0) is 13.4. The molecule has 1 unspecified atom stereocenters. The molecule has 3 N–H and O–H groups in total. The van der Waals surface area contributed by atoms with Crippen molar-refractivity contribution in [2.75, 3.05) is 18.4 Å². The first kappa shape index (κ1) is 14.7. The van der Waals surface area contributed by atoms with Gasteiger partial charge in [-0.3, -0.25) is 4.79 Å². The van der Waals surface area contributed by atoms with Crippen LogP contribution in [0.3, 0.4) is 0 Å². The van der Waals surface area contributed by atoms with E-state index in [1.165, 1.54) is 0 Å². The van der Waals surface area contributed by atoms with E-state index >= 15 is 0 Å². The number of aliphatic hydroxyl groups is 1. The van der Waals surface area contributed by atoms with Crippen molar-refractivity contribution in [3.8, 4) is 0 Å². The Kier molecular flexibility index (Phi) is 6.39. The van der Waals surface area contributed by atoms with Crippen LogP contribution >= 0.6 is 0 Å². The maximum absolute atomic E-state index is 11.6. The zero-order valence-electron chi connectivity index (χ0n) is 11.1. The van der Waals surface area contributed by atoms with Gasteiger partial charge >= 0.3 is 0 Å². The third kappa shape index (κ3) is 5.29. The first-order chi connectivity index (χ1) is 8.63. The number of rotatable bonds is 7. The fourth-order valence-electron chi connectivity index (χ4n) is 1.58. The number of carbonyl (C=O) groups is 1. The minimum atomic E-state index is -0.281. The topological polar surface area (TPSA) is 61.4 Å². The second-order valence-electron chi connectivity index (χ2n) is 4.39. The second-order valence-corrected chi connectivity index (χ2v) is 4.39. The van der Waals surface area contributed by atoms with Crippen molar-refractivity contribution >= 4 is 11.6 Å². The number of hydrogen-bond donors (Lipinski definition) is 3. The number of anilines is 1. The van der Waals surface area contributed by atoms with E-state index in [1.54, 1.807) is 0 Å². The Hall–Kier alpha value is -1.39. The Morgan fingerprint density at radius 2 is 2.11 bits per heavy atom. The van der Waals surface area contributed by atoms with Crippen LogP contribution in [0.5, 0.6) is 0 Å². The molecule has 1 aromatic carbocycles. The predicted molar refractivity (Wildman–Crippen MR) is 73.6 cm³/mol. The van der Waals surface area contributed by atoms with Crippen LogP contribution in [0.1, 0.15) is 25.3 Å². The van der Waals surface area contributed by atoms with Gasteiger partial charge in [0.2, 0.25) is 5.91 Å². The van der Waals surface area contributed by atoms with E-state index in [2.05, 4.69) is 10.6 Å². The summed E-state index contributed by atoms with van der Waals surface area (Å²) in [6.45, 7) is 4.82. The Balaban J connectivity index is 2.24. The summed E-state index contributed by atoms with van der Waals surface area (Å²) in [5.41, 5.74) is 1.89. The van der Waals surface area contributed by atoms with E-state index < -0.39 is 0 Å². The number of aliphatic hydroxyl groups excluding tert-OH is 1. The minimum Gasteiger partial charge on any atom is -0.393 e. The van der Waals surface area contributed by atoms with Gasteiger partial charge in [-0.25, -0.2) is 0 Å². The van der Waals surface area contributed by atoms with Crippen molar-refractivity contribution < 1.29 is 9.90 Å². The molecule has 18 heavy (non-hydrogen) atoms. The molecule has 0 aromatic heterocycles. The highest BCUT2D eigenvalue weighted by Crippen LogP contribution is 2.12. The van der Waals surface area contributed by atoms with Crippen LogP contribution in [0.4, 0.5) is 5.69 Å². The quantitative estimate of drug-likeness (QED) is 0.645. The van der Waals surface area contributed by atoms with Gasteiger partial charge in [-0.2, -0.15) is 0 Å². The monoisotopic (exact) mass is 250 g/mol. The average Bonchev–Trinajstić information content (AvgIpc) is 2.37. The number of amides is 1. The van der Waals surface area contributed by atoms with Gasteiger partial charge in [-0.05, 0) is 37.9 Å². The molecular weight excluding hydrogens is 228 g/mol. The molecule has 4 heteroatoms. The van der Waals surface area contributed by atoms with Crippen molar-refractivity contribution in [2.24, 2.45) is 0 Å². The third-order valence-electron chi connectivity index (χ3n) is 2.83. The van der Waals surface area contributed by atoms with E-state index in [9.17, 15) is 9.90 Å². The highest BCUT2D eigenvalue weighted by atomic mass is 16.3. The molecule has 100 valence electrons. The molecule has 0 heterocycles. The van der Waals surface area contributed by atoms with Crippen molar-refractivity contribution in [3.05, 3.63) is 29.8 Å². The largest absolute Gasteiger partial charge is 0.393 e. The summed E-state index contributed by atoms with van der Waals surface area (Å²) in [5, 5.41) is 15.2. The molecule has 0 saturated heterocycles. The molecular formula is C14H22N2O2. The van der Waals surface area contributed by atoms with Gasteiger partial charge in [-0.1, -0.05) is 25.1 Å². The van der Waals surface area contributed by atoms with E-state index in [4.69, 9.17) is 0 Å². The zero-order valence-corrected chi connectivity index (χ0v) is 11.1. The third-order valence-corrected chi connectivity index (χ3v) is 2.83. The van der Waals surface area contributed by atoms with Crippen LogP contribution in [-0.4, -0.2) is 30.2 Å². The SMILES string of the molecule is CCC(O)CCNCC(=O)Nc1ccccc1C. The molecule has 0 spiro atoms. The molecule has 1 rings (SSSR count). The summed E-state index contributed by atoms with van der Waals surface area (Å²) >= 11 is 0. The van der Waals surface area contributed by atoms with Crippen LogP contribution in [-0.2, 0) is 4.79 Å². The maximum atomic E-state index is 11.6. The molecule has 1 atom stereocenters. The van der Waals surface area contributed by atoms with E-state index in [1.807, 2.05) is 38.1 Å². The number of aryl methyl sites for hydroxylation is 1. The van der Waals surface area contributed by atoms with Gasteiger partial charge in [0.1, 0.15) is 0 Å². The number of hydrogen-bond acceptors (Lipinski definition) is 3. The summed E-state index contributed by atoms with van der Waals surface area (Å²) < 4.78 is 0. The lowest BCUT2D eigenvalue weighted by atomic mass is 10.2. The first-order valence-corrected chi connectivity index (χ1v) is 6.37. The van der Waals surface area contributed by atoms with Crippen molar-refractivity contribution in [1.29, 1.82) is 0 Å². The smallest absolute Gasteiger partial charge is 0.238 e. The molecule has 0 aliphatic rings. The molecule has 0 bridgehead atoms. The highest BCUT2D eigenvalue weighted by Gasteiger charge is 2.04. The number of carbonyl (C=O) groups excluding carboxylic acids is 1. The molecule has 0 saturated carbocycles. The number of nitrogens with one attached hydrogen (secondary N) is 2. The Labute approximate surface area is 108 Å². The van der Waals surface area contributed by atoms with Gasteiger partial charge in [0.25, 0.3) is 0 Å². The van der Waals surface area contributed by atoms with Crippen molar-refractivity contribution in [3.63, 3.8) is 0 Å². The van der Waals surface area contributed by atoms with Crippen LogP contribution < -0.4 is 10.6 Å². The van der Waals surface area contributed by atoms with E-state index in [0.29, 0.717) is 13.0 Å². The summed E-state index contributed by atoms with van der Waals surface area (Å²) in [4.78, 5) is 11.6. The molecule has 1 amide bonds. The van der Waals surface area contributed by atoms with Crippen LogP contribution in [0.2, 0.25) is 0 Å². The van der Waals surface area contributed by atoms with Crippen molar-refractivity contribution in [1.82, 2.24) is 5.32 Å². The fraction of sp³-hybridized carbons (Fsp3) is 0.500. The molecule has 0 radical (unpaired) electrons. The Morgan fingerprint density at radius 1 is 1.39 bits per heavy atom. The number of benzene rings is 1. The summed E-state index contributed by atoms with van der Waals surface area (Å²) in [6.07, 6.45) is 1.14. The molecule has 4 nitrogen and oxygen atoms in total. The van der Waals surface area contributed by atoms with Crippen LogP contribution in [0.25, 0.3) is 0 Å². The lowest BCUT2D eigenvalue weighted by Crippen LogP contribution is -2.30. The Bertz CT molecular complexity index is 380. The highest BCUT2D eigenvalue weighted by molar-refractivity contribution is 5.92. The lowest BCUT2D eigenvalue weighted by Gasteiger charge is -2.10. The summed E-state index contributed by atoms with van der Waals surface area (Å²) in [5.74, 6) is -0.0599. The first-order valence-electron chi connectivity index (χ1n) is 6.37. The maximum Gasteiger partial charge on any atom is 0.238 e. The average molecular weight is 250 g/mol. The van der Waals surface area contributed by atoms with Crippen LogP contribution in [0.15, 0.2) is 24.3 Å². The molecule has 1 aromatic rings. The fourth-order valence-corrected chi connectivity index (χ4v) is 1.58. The molecule has 0 aliphatic heterocycles. The van der Waals surface area contributed by atoms with Gasteiger partial charge in [0.05, 0.1) is 12.6 Å². The van der Waals surface area contributed by atoms with E-state index in [-0.39, 0.29) is 18.6 Å². The minimum absolute atomic E-state index is 0.0599. The Morgan fingerprint density at radius 3 is 2.78 bits per heavy atom. The molecule has 0 fully saturated rings. The van der Waals surface area contributed by atoms with Crippen molar-refractivity contribution in [2.45, 2.75) is 32.8 Å². The standard InChI is InChI=1S/C14H22N2O2/c1-3-12(17)8-9-15-10-14(18)16-13-7-5-4-6-11(13)2/h4-7,12,15,17H,3,8-10H2,1-2H3,(H,16,18). The van der Waals surface area contributed by atoms with Gasteiger partial charge in [0, 0.05) is 5.69 Å². The van der Waals surface area contributed by atoms with Gasteiger partial charge in [-0.15, -0.1) is 0 Å². The summed E-state index contributed by atoms with van der Waals surface area (Å²) in [7, 11) is 0. The summed E-state index contributed by atoms with van der Waals surface area (Å²) in [6, 6.07) is 7.68. The van der Waals surface area contributed by atoms with Gasteiger partial charge < -0.3 is 15.7 Å². The predicted octanol–water partition coefficient (Wildman–Crippen LogP) is 1.68. The lowest BCUT2D eigenvalue weighted by molar-refractivity contribution is -0.115. The molecule has 0 aliphatic carbocycles. The van der Waals surface area contributed by atoms with Gasteiger partial charge in [0.15, 0.2) is 0 Å².